The van der Waals surface area contributed by atoms with Gasteiger partial charge in [-0.2, -0.15) is 0 Å². The number of nitrogens with zero attached hydrogens (tertiary/aromatic N) is 2. The first-order valence-electron chi connectivity index (χ1n) is 10.3. The molecule has 5 nitrogen and oxygen atoms in total. The fourth-order valence-corrected chi connectivity index (χ4v) is 6.00. The molecule has 5 fully saturated rings. The highest BCUT2D eigenvalue weighted by molar-refractivity contribution is 5.87. The van der Waals surface area contributed by atoms with Crippen LogP contribution >= 0.6 is 0 Å². The molecule has 3 atom stereocenters. The molecule has 0 unspecified atom stereocenters. The second kappa shape index (κ2) is 5.45. The van der Waals surface area contributed by atoms with Gasteiger partial charge in [0, 0.05) is 50.6 Å². The predicted octanol–water partition coefficient (Wildman–Crippen LogP) is 1.48. The van der Waals surface area contributed by atoms with Crippen molar-refractivity contribution in [1.82, 2.24) is 15.1 Å². The third kappa shape index (κ3) is 2.45. The number of carbonyl (C=O) groups is 2. The number of fused-ring (bicyclic) bond motifs is 1. The second-order valence-electron chi connectivity index (χ2n) is 9.63. The summed E-state index contributed by atoms with van der Waals surface area (Å²) in [6, 6.07) is 0. The van der Waals surface area contributed by atoms with E-state index in [0.717, 1.165) is 64.3 Å². The number of hydrogen-bond acceptors (Lipinski definition) is 3. The van der Waals surface area contributed by atoms with Crippen molar-refractivity contribution < 1.29 is 9.59 Å². The van der Waals surface area contributed by atoms with Crippen molar-refractivity contribution in [3.05, 3.63) is 0 Å². The van der Waals surface area contributed by atoms with Crippen LogP contribution in [-0.2, 0) is 9.59 Å². The Kier molecular flexibility index (Phi) is 3.51. The first-order chi connectivity index (χ1) is 12.0. The zero-order valence-corrected chi connectivity index (χ0v) is 15.4. The van der Waals surface area contributed by atoms with Crippen LogP contribution in [0.2, 0.25) is 0 Å². The molecule has 3 heterocycles. The lowest BCUT2D eigenvalue weighted by Gasteiger charge is -2.46. The average Bonchev–Trinajstić information content (AvgIpc) is 3.49. The highest BCUT2D eigenvalue weighted by Gasteiger charge is 2.64. The van der Waals surface area contributed by atoms with E-state index in [1.54, 1.807) is 0 Å². The summed E-state index contributed by atoms with van der Waals surface area (Å²) in [5.74, 6) is 2.40. The van der Waals surface area contributed by atoms with E-state index in [0.29, 0.717) is 17.7 Å². The maximum absolute atomic E-state index is 12.9. The molecule has 3 aliphatic heterocycles. The van der Waals surface area contributed by atoms with Gasteiger partial charge in [0.2, 0.25) is 11.8 Å². The van der Waals surface area contributed by atoms with Gasteiger partial charge < -0.3 is 15.1 Å². The van der Waals surface area contributed by atoms with Crippen LogP contribution in [0.1, 0.15) is 45.4 Å². The topological polar surface area (TPSA) is 52.7 Å². The molecule has 5 aliphatic rings. The Morgan fingerprint density at radius 1 is 1.20 bits per heavy atom. The lowest BCUT2D eigenvalue weighted by Crippen LogP contribution is -2.53. The molecule has 0 radical (unpaired) electrons. The minimum atomic E-state index is -0.191. The summed E-state index contributed by atoms with van der Waals surface area (Å²) < 4.78 is 0. The number of hydrogen-bond donors (Lipinski definition) is 1. The van der Waals surface area contributed by atoms with E-state index in [4.69, 9.17) is 0 Å². The lowest BCUT2D eigenvalue weighted by molar-refractivity contribution is -0.139. The Balaban J connectivity index is 1.33. The van der Waals surface area contributed by atoms with Crippen LogP contribution in [0.3, 0.4) is 0 Å². The van der Waals surface area contributed by atoms with Crippen molar-refractivity contribution >= 4 is 11.8 Å². The molecule has 0 aromatic heterocycles. The van der Waals surface area contributed by atoms with E-state index in [1.165, 1.54) is 19.4 Å². The zero-order valence-electron chi connectivity index (χ0n) is 15.4. The molecular weight excluding hydrogens is 314 g/mol. The highest BCUT2D eigenvalue weighted by Crippen LogP contribution is 2.57. The van der Waals surface area contributed by atoms with Gasteiger partial charge in [0.1, 0.15) is 0 Å². The smallest absolute Gasteiger partial charge is 0.228 e. The Morgan fingerprint density at radius 2 is 1.92 bits per heavy atom. The minimum absolute atomic E-state index is 0.0917. The fraction of sp³-hybridized carbons (Fsp3) is 0.900. The molecule has 5 heteroatoms. The number of carbonyl (C=O) groups excluding carboxylic acids is 2. The third-order valence-electron chi connectivity index (χ3n) is 7.98. The van der Waals surface area contributed by atoms with Crippen molar-refractivity contribution in [1.29, 1.82) is 0 Å². The molecule has 3 saturated heterocycles. The quantitative estimate of drug-likeness (QED) is 0.843. The van der Waals surface area contributed by atoms with Gasteiger partial charge in [0.05, 0.1) is 5.41 Å². The first-order valence-corrected chi connectivity index (χ1v) is 10.3. The van der Waals surface area contributed by atoms with Crippen LogP contribution in [0, 0.1) is 28.6 Å². The number of nitrogens with one attached hydrogen (secondary N) is 1. The molecule has 25 heavy (non-hydrogen) atoms. The van der Waals surface area contributed by atoms with E-state index >= 15 is 0 Å². The van der Waals surface area contributed by atoms with Crippen molar-refractivity contribution in [2.75, 3.05) is 39.3 Å². The van der Waals surface area contributed by atoms with Crippen LogP contribution in [-0.4, -0.2) is 60.9 Å². The molecule has 0 aromatic carbocycles. The first kappa shape index (κ1) is 16.1. The highest BCUT2D eigenvalue weighted by atomic mass is 16.2. The molecule has 2 spiro atoms. The summed E-state index contributed by atoms with van der Waals surface area (Å²) in [6.45, 7) is 7.92. The Bertz CT molecular complexity index is 594. The summed E-state index contributed by atoms with van der Waals surface area (Å²) in [5, 5.41) is 3.14. The second-order valence-corrected chi connectivity index (χ2v) is 9.63. The number of rotatable bonds is 3. The Morgan fingerprint density at radius 3 is 2.48 bits per heavy atom. The van der Waals surface area contributed by atoms with Crippen molar-refractivity contribution in [3.8, 4) is 0 Å². The normalized spacial score (nSPS) is 40.0. The Labute approximate surface area is 150 Å². The summed E-state index contributed by atoms with van der Waals surface area (Å²) in [6.07, 6.45) is 6.81. The van der Waals surface area contributed by atoms with Gasteiger partial charge in [-0.05, 0) is 50.4 Å². The fourth-order valence-electron chi connectivity index (χ4n) is 6.00. The molecular formula is C20H31N3O2. The van der Waals surface area contributed by atoms with E-state index in [-0.39, 0.29) is 16.7 Å². The number of amides is 2. The van der Waals surface area contributed by atoms with Gasteiger partial charge >= 0.3 is 0 Å². The van der Waals surface area contributed by atoms with Crippen LogP contribution in [0.15, 0.2) is 0 Å². The van der Waals surface area contributed by atoms with E-state index in [1.807, 2.05) is 0 Å². The van der Waals surface area contributed by atoms with E-state index < -0.39 is 0 Å². The molecule has 2 aliphatic carbocycles. The SMILES string of the molecule is C[C@@H]1C[C@H]1C(=O)N1CCC2(CC1)CN(CC1CC1)C[C@@]21CCNC1=O. The lowest BCUT2D eigenvalue weighted by atomic mass is 9.60. The van der Waals surface area contributed by atoms with Crippen LogP contribution in [0.25, 0.3) is 0 Å². The van der Waals surface area contributed by atoms with Crippen LogP contribution < -0.4 is 5.32 Å². The third-order valence-corrected chi connectivity index (χ3v) is 7.98. The van der Waals surface area contributed by atoms with Gasteiger partial charge in [-0.25, -0.2) is 0 Å². The average molecular weight is 345 g/mol. The molecule has 5 rings (SSSR count). The maximum Gasteiger partial charge on any atom is 0.228 e. The monoisotopic (exact) mass is 345 g/mol. The molecule has 0 bridgehead atoms. The van der Waals surface area contributed by atoms with Gasteiger partial charge in [0.25, 0.3) is 0 Å². The molecule has 2 saturated carbocycles. The van der Waals surface area contributed by atoms with E-state index in [9.17, 15) is 9.59 Å². The Hall–Kier alpha value is -1.10. The summed E-state index contributed by atoms with van der Waals surface area (Å²) in [7, 11) is 0. The molecule has 2 amide bonds. The van der Waals surface area contributed by atoms with Crippen LogP contribution in [0.5, 0.6) is 0 Å². The largest absolute Gasteiger partial charge is 0.356 e. The van der Waals surface area contributed by atoms with Crippen molar-refractivity contribution in [2.45, 2.75) is 45.4 Å². The van der Waals surface area contributed by atoms with Gasteiger partial charge in [-0.1, -0.05) is 6.92 Å². The maximum atomic E-state index is 12.9. The van der Waals surface area contributed by atoms with Crippen molar-refractivity contribution in [2.24, 2.45) is 28.6 Å². The standard InChI is InChI=1S/C20H31N3O2/c1-14-10-16(14)17(24)23-8-5-19(6-9-23)12-22(11-15-2-3-15)13-20(19)4-7-21-18(20)25/h14-16H,2-13H2,1H3,(H,21,25)/t14-,16-,20-/m1/s1. The van der Waals surface area contributed by atoms with Gasteiger partial charge in [0.15, 0.2) is 0 Å². The van der Waals surface area contributed by atoms with Gasteiger partial charge in [-0.15, -0.1) is 0 Å². The summed E-state index contributed by atoms with van der Waals surface area (Å²) >= 11 is 0. The zero-order chi connectivity index (χ0) is 17.2. The predicted molar refractivity (Wildman–Crippen MR) is 94.7 cm³/mol. The molecule has 138 valence electrons. The van der Waals surface area contributed by atoms with E-state index in [2.05, 4.69) is 22.0 Å². The minimum Gasteiger partial charge on any atom is -0.356 e. The van der Waals surface area contributed by atoms with Gasteiger partial charge in [-0.3, -0.25) is 9.59 Å². The van der Waals surface area contributed by atoms with Crippen molar-refractivity contribution in [3.63, 3.8) is 0 Å². The molecule has 1 N–H and O–H groups in total. The summed E-state index contributed by atoms with van der Waals surface area (Å²) in [4.78, 5) is 30.2. The number of likely N-dealkylation sites (tertiary alicyclic amines) is 2. The number of piperidine rings is 1. The molecule has 0 aromatic rings. The summed E-state index contributed by atoms with van der Waals surface area (Å²) in [5.41, 5.74) is -0.0989. The van der Waals surface area contributed by atoms with Crippen LogP contribution in [0.4, 0.5) is 0 Å².